The molecule has 1 aromatic carbocycles. The summed E-state index contributed by atoms with van der Waals surface area (Å²) < 4.78 is 10.8. The van der Waals surface area contributed by atoms with Gasteiger partial charge in [-0.2, -0.15) is 4.98 Å². The Hall–Kier alpha value is -1.76. The molecular weight excluding hydrogens is 316 g/mol. The number of benzene rings is 1. The quantitative estimate of drug-likeness (QED) is 0.867. The van der Waals surface area contributed by atoms with E-state index in [0.717, 1.165) is 76.2 Å². The monoisotopic (exact) mass is 342 g/mol. The summed E-state index contributed by atoms with van der Waals surface area (Å²) in [5.74, 6) is 2.19. The van der Waals surface area contributed by atoms with E-state index in [-0.39, 0.29) is 0 Å². The average molecular weight is 342 g/mol. The molecular formula is C19H26N4O2. The van der Waals surface area contributed by atoms with E-state index in [1.807, 2.05) is 0 Å². The number of nitrogens with one attached hydrogen (secondary N) is 1. The Balaban J connectivity index is 1.33. The lowest BCUT2D eigenvalue weighted by atomic mass is 10.0. The minimum atomic E-state index is 0.692. The van der Waals surface area contributed by atoms with Gasteiger partial charge in [0.25, 0.3) is 0 Å². The molecule has 2 fully saturated rings. The van der Waals surface area contributed by atoms with Gasteiger partial charge in [-0.05, 0) is 37.4 Å². The maximum Gasteiger partial charge on any atom is 0.226 e. The molecule has 6 nitrogen and oxygen atoms in total. The van der Waals surface area contributed by atoms with Crippen molar-refractivity contribution in [1.82, 2.24) is 20.4 Å². The van der Waals surface area contributed by atoms with E-state index >= 15 is 0 Å². The zero-order valence-electron chi connectivity index (χ0n) is 14.6. The largest absolute Gasteiger partial charge is 0.379 e. The minimum absolute atomic E-state index is 0.692. The fourth-order valence-electron chi connectivity index (χ4n) is 3.54. The van der Waals surface area contributed by atoms with Crippen LogP contribution in [0.4, 0.5) is 0 Å². The fraction of sp³-hybridized carbons (Fsp3) is 0.579. The van der Waals surface area contributed by atoms with Gasteiger partial charge in [-0.3, -0.25) is 4.90 Å². The topological polar surface area (TPSA) is 63.4 Å². The zero-order chi connectivity index (χ0) is 16.9. The van der Waals surface area contributed by atoms with Crippen LogP contribution in [0.3, 0.4) is 0 Å². The normalized spacial score (nSPS) is 21.7. The molecule has 0 amide bonds. The highest BCUT2D eigenvalue weighted by molar-refractivity contribution is 5.54. The summed E-state index contributed by atoms with van der Waals surface area (Å²) in [6, 6.07) is 8.49. The molecule has 0 bridgehead atoms. The number of ether oxygens (including phenoxy) is 1. The highest BCUT2D eigenvalue weighted by Gasteiger charge is 2.16. The lowest BCUT2D eigenvalue weighted by Crippen LogP contribution is -2.35. The second-order valence-corrected chi connectivity index (χ2v) is 6.99. The summed E-state index contributed by atoms with van der Waals surface area (Å²) in [5, 5.41) is 7.55. The van der Waals surface area contributed by atoms with Gasteiger partial charge in [0.05, 0.1) is 13.2 Å². The molecule has 2 aliphatic heterocycles. The molecule has 0 saturated carbocycles. The van der Waals surface area contributed by atoms with E-state index in [1.165, 1.54) is 12.0 Å². The third-order valence-corrected chi connectivity index (χ3v) is 5.12. The third kappa shape index (κ3) is 4.45. The van der Waals surface area contributed by atoms with E-state index in [9.17, 15) is 0 Å². The first-order valence-electron chi connectivity index (χ1n) is 9.29. The predicted molar refractivity (Wildman–Crippen MR) is 95.1 cm³/mol. The molecule has 1 aromatic heterocycles. The second kappa shape index (κ2) is 8.08. The molecule has 2 aliphatic rings. The highest BCUT2D eigenvalue weighted by Crippen LogP contribution is 2.20. The van der Waals surface area contributed by atoms with Crippen LogP contribution in [0.1, 0.15) is 24.3 Å². The van der Waals surface area contributed by atoms with Gasteiger partial charge in [-0.15, -0.1) is 0 Å². The summed E-state index contributed by atoms with van der Waals surface area (Å²) in [7, 11) is 0. The molecule has 134 valence electrons. The number of aromatic nitrogens is 2. The van der Waals surface area contributed by atoms with Crippen molar-refractivity contribution in [1.29, 1.82) is 0 Å². The summed E-state index contributed by atoms with van der Waals surface area (Å²) in [5.41, 5.74) is 2.33. The van der Waals surface area contributed by atoms with Crippen LogP contribution in [0.5, 0.6) is 0 Å². The Morgan fingerprint density at radius 1 is 1.16 bits per heavy atom. The number of rotatable bonds is 6. The Morgan fingerprint density at radius 3 is 2.76 bits per heavy atom. The van der Waals surface area contributed by atoms with E-state index < -0.39 is 0 Å². The van der Waals surface area contributed by atoms with Crippen LogP contribution in [-0.2, 0) is 17.7 Å². The molecule has 0 radical (unpaired) electrons. The van der Waals surface area contributed by atoms with E-state index in [0.29, 0.717) is 5.82 Å². The van der Waals surface area contributed by atoms with Gasteiger partial charge >= 0.3 is 0 Å². The first kappa shape index (κ1) is 16.7. The van der Waals surface area contributed by atoms with Crippen LogP contribution >= 0.6 is 0 Å². The third-order valence-electron chi connectivity index (χ3n) is 5.12. The lowest BCUT2D eigenvalue weighted by molar-refractivity contribution is 0.0342. The number of nitrogens with zero attached hydrogens (tertiary/aromatic N) is 3. The molecule has 25 heavy (non-hydrogen) atoms. The summed E-state index contributed by atoms with van der Waals surface area (Å²) >= 11 is 0. The molecule has 2 aromatic rings. The summed E-state index contributed by atoms with van der Waals surface area (Å²) in [4.78, 5) is 6.98. The number of hydrogen-bond donors (Lipinski definition) is 1. The minimum Gasteiger partial charge on any atom is -0.379 e. The summed E-state index contributed by atoms with van der Waals surface area (Å²) in [6.45, 7) is 6.90. The zero-order valence-corrected chi connectivity index (χ0v) is 14.6. The SMILES string of the molecule is c1cc(-c2noc(CCC3CCNC3)n2)ccc1CN1CCOCC1. The molecule has 2 saturated heterocycles. The molecule has 0 spiro atoms. The Labute approximate surface area is 148 Å². The Kier molecular flexibility index (Phi) is 5.40. The Bertz CT molecular complexity index is 658. The predicted octanol–water partition coefficient (Wildman–Crippen LogP) is 2.11. The van der Waals surface area contributed by atoms with Crippen molar-refractivity contribution in [3.63, 3.8) is 0 Å². The molecule has 4 rings (SSSR count). The molecule has 3 heterocycles. The van der Waals surface area contributed by atoms with Gasteiger partial charge in [0.1, 0.15) is 0 Å². The van der Waals surface area contributed by atoms with Gasteiger partial charge < -0.3 is 14.6 Å². The van der Waals surface area contributed by atoms with Crippen molar-refractivity contribution < 1.29 is 9.26 Å². The van der Waals surface area contributed by atoms with Crippen molar-refractivity contribution in [3.8, 4) is 11.4 Å². The van der Waals surface area contributed by atoms with Crippen molar-refractivity contribution in [3.05, 3.63) is 35.7 Å². The van der Waals surface area contributed by atoms with Crippen LogP contribution in [0.25, 0.3) is 11.4 Å². The molecule has 1 N–H and O–H groups in total. The number of hydrogen-bond acceptors (Lipinski definition) is 6. The van der Waals surface area contributed by atoms with Gasteiger partial charge in [0, 0.05) is 31.6 Å². The van der Waals surface area contributed by atoms with Gasteiger partial charge in [-0.25, -0.2) is 0 Å². The van der Waals surface area contributed by atoms with Crippen LogP contribution in [-0.4, -0.2) is 54.4 Å². The average Bonchev–Trinajstić information content (AvgIpc) is 3.33. The lowest BCUT2D eigenvalue weighted by Gasteiger charge is -2.26. The van der Waals surface area contributed by atoms with Crippen LogP contribution in [0, 0.1) is 5.92 Å². The molecule has 1 atom stereocenters. The van der Waals surface area contributed by atoms with Gasteiger partial charge in [0.15, 0.2) is 0 Å². The van der Waals surface area contributed by atoms with Crippen molar-refractivity contribution in [2.45, 2.75) is 25.8 Å². The molecule has 1 unspecified atom stereocenters. The number of aryl methyl sites for hydroxylation is 1. The van der Waals surface area contributed by atoms with Crippen molar-refractivity contribution in [2.24, 2.45) is 5.92 Å². The first-order chi connectivity index (χ1) is 12.4. The van der Waals surface area contributed by atoms with Crippen LogP contribution < -0.4 is 5.32 Å². The molecule has 6 heteroatoms. The molecule has 0 aliphatic carbocycles. The summed E-state index contributed by atoms with van der Waals surface area (Å²) in [6.07, 6.45) is 3.24. The standard InChI is InChI=1S/C19H26N4O2/c1-4-17(5-2-16(1)14-23-9-11-24-12-10-23)19-21-18(25-22-19)6-3-15-7-8-20-13-15/h1-2,4-5,15,20H,3,6-14H2. The smallest absolute Gasteiger partial charge is 0.226 e. The van der Waals surface area contributed by atoms with Crippen molar-refractivity contribution in [2.75, 3.05) is 39.4 Å². The van der Waals surface area contributed by atoms with E-state index in [1.54, 1.807) is 0 Å². The van der Waals surface area contributed by atoms with E-state index in [4.69, 9.17) is 9.26 Å². The van der Waals surface area contributed by atoms with Crippen LogP contribution in [0.15, 0.2) is 28.8 Å². The second-order valence-electron chi connectivity index (χ2n) is 6.99. The number of morpholine rings is 1. The fourth-order valence-corrected chi connectivity index (χ4v) is 3.54. The maximum atomic E-state index is 5.43. The van der Waals surface area contributed by atoms with Crippen molar-refractivity contribution >= 4 is 0 Å². The van der Waals surface area contributed by atoms with E-state index in [2.05, 4.69) is 44.6 Å². The van der Waals surface area contributed by atoms with Gasteiger partial charge in [0.2, 0.25) is 11.7 Å². The highest BCUT2D eigenvalue weighted by atomic mass is 16.5. The van der Waals surface area contributed by atoms with Gasteiger partial charge in [-0.1, -0.05) is 29.4 Å². The maximum absolute atomic E-state index is 5.43. The Morgan fingerprint density at radius 2 is 2.00 bits per heavy atom. The van der Waals surface area contributed by atoms with Crippen LogP contribution in [0.2, 0.25) is 0 Å². The first-order valence-corrected chi connectivity index (χ1v) is 9.29.